The number of benzene rings is 3. The highest BCUT2D eigenvalue weighted by molar-refractivity contribution is 9.10. The molecule has 0 aliphatic carbocycles. The van der Waals surface area contributed by atoms with Gasteiger partial charge < -0.3 is 14.6 Å². The molecule has 1 N–H and O–H groups in total. The third-order valence-electron chi connectivity index (χ3n) is 4.26. The van der Waals surface area contributed by atoms with Gasteiger partial charge in [-0.3, -0.25) is 4.99 Å². The number of carbonyl (C=O) groups is 1. The van der Waals surface area contributed by atoms with E-state index in [-0.39, 0.29) is 12.2 Å². The summed E-state index contributed by atoms with van der Waals surface area (Å²) in [4.78, 5) is 15.6. The van der Waals surface area contributed by atoms with Gasteiger partial charge in [0, 0.05) is 16.3 Å². The Balaban J connectivity index is 1.84. The fourth-order valence-electron chi connectivity index (χ4n) is 2.70. The summed E-state index contributed by atoms with van der Waals surface area (Å²) >= 11 is 3.53. The molecule has 148 valence electrons. The van der Waals surface area contributed by atoms with Gasteiger partial charge in [-0.15, -0.1) is 0 Å². The van der Waals surface area contributed by atoms with Crippen molar-refractivity contribution in [2.45, 2.75) is 13.5 Å². The molecule has 0 saturated carbocycles. The van der Waals surface area contributed by atoms with Gasteiger partial charge in [0.05, 0.1) is 18.4 Å². The molecule has 3 rings (SSSR count). The van der Waals surface area contributed by atoms with Crippen LogP contribution < -0.4 is 9.47 Å². The van der Waals surface area contributed by atoms with Gasteiger partial charge in [0.15, 0.2) is 11.5 Å². The number of nitrogens with zero attached hydrogens (tertiary/aromatic N) is 1. The van der Waals surface area contributed by atoms with Crippen LogP contribution in [0.25, 0.3) is 0 Å². The molecule has 0 unspecified atom stereocenters. The number of aryl methyl sites for hydroxylation is 1. The van der Waals surface area contributed by atoms with E-state index in [1.165, 1.54) is 0 Å². The lowest BCUT2D eigenvalue weighted by atomic mass is 10.1. The highest BCUT2D eigenvalue weighted by atomic mass is 79.9. The Labute approximate surface area is 177 Å². The summed E-state index contributed by atoms with van der Waals surface area (Å²) in [6.45, 7) is 2.30. The van der Waals surface area contributed by atoms with Crippen LogP contribution in [0.2, 0.25) is 0 Å². The number of rotatable bonds is 7. The fourth-order valence-corrected chi connectivity index (χ4v) is 3.30. The summed E-state index contributed by atoms with van der Waals surface area (Å²) in [6, 6.07) is 18.1. The van der Waals surface area contributed by atoms with E-state index < -0.39 is 5.97 Å². The van der Waals surface area contributed by atoms with E-state index in [1.807, 2.05) is 43.3 Å². The van der Waals surface area contributed by atoms with Gasteiger partial charge in [-0.25, -0.2) is 4.79 Å². The molecule has 0 radical (unpaired) electrons. The number of carboxylic acids is 1. The number of para-hydroxylation sites is 1. The molecule has 0 bridgehead atoms. The first-order chi connectivity index (χ1) is 14.0. The highest BCUT2D eigenvalue weighted by Crippen LogP contribution is 2.32. The largest absolute Gasteiger partial charge is 0.493 e. The Hall–Kier alpha value is -3.12. The predicted octanol–water partition coefficient (Wildman–Crippen LogP) is 5.79. The van der Waals surface area contributed by atoms with Gasteiger partial charge in [-0.2, -0.15) is 0 Å². The van der Waals surface area contributed by atoms with Crippen LogP contribution in [0.1, 0.15) is 27.0 Å². The quantitative estimate of drug-likeness (QED) is 0.459. The zero-order valence-corrected chi connectivity index (χ0v) is 17.6. The molecule has 0 spiro atoms. The minimum absolute atomic E-state index is 0.238. The third-order valence-corrected chi connectivity index (χ3v) is 4.89. The van der Waals surface area contributed by atoms with E-state index in [4.69, 9.17) is 14.6 Å². The van der Waals surface area contributed by atoms with E-state index in [0.29, 0.717) is 11.5 Å². The van der Waals surface area contributed by atoms with Crippen LogP contribution in [0.4, 0.5) is 5.69 Å². The molecule has 0 saturated heterocycles. The van der Waals surface area contributed by atoms with Gasteiger partial charge in [0.2, 0.25) is 0 Å². The van der Waals surface area contributed by atoms with Crippen LogP contribution in [0.15, 0.2) is 70.1 Å². The Bertz CT molecular complexity index is 1050. The Kier molecular flexibility index (Phi) is 6.67. The molecule has 3 aromatic carbocycles. The molecular weight excluding hydrogens is 434 g/mol. The average Bonchev–Trinajstić information content (AvgIpc) is 2.72. The van der Waals surface area contributed by atoms with Crippen LogP contribution >= 0.6 is 15.9 Å². The van der Waals surface area contributed by atoms with Crippen molar-refractivity contribution in [3.63, 3.8) is 0 Å². The SMILES string of the molecule is COc1cccc(C=Nc2ccc(C)cc2Br)c1OCc1ccc(C(=O)O)cc1. The van der Waals surface area contributed by atoms with Crippen LogP contribution in [0.3, 0.4) is 0 Å². The normalized spacial score (nSPS) is 10.9. The lowest BCUT2D eigenvalue weighted by Crippen LogP contribution is -2.02. The van der Waals surface area contributed by atoms with Crippen LogP contribution in [0.5, 0.6) is 11.5 Å². The van der Waals surface area contributed by atoms with Crippen molar-refractivity contribution in [1.82, 2.24) is 0 Å². The Morgan fingerprint density at radius 3 is 2.55 bits per heavy atom. The van der Waals surface area contributed by atoms with E-state index in [9.17, 15) is 4.79 Å². The second-order valence-corrected chi connectivity index (χ2v) is 7.24. The standard InChI is InChI=1S/C23H20BrNO4/c1-15-6-11-20(19(24)12-15)25-13-18-4-3-5-21(28-2)22(18)29-14-16-7-9-17(10-8-16)23(26)27/h3-13H,14H2,1-2H3,(H,26,27). The monoisotopic (exact) mass is 453 g/mol. The second-order valence-electron chi connectivity index (χ2n) is 6.38. The maximum atomic E-state index is 11.0. The maximum absolute atomic E-state index is 11.0. The first-order valence-corrected chi connectivity index (χ1v) is 9.69. The summed E-state index contributed by atoms with van der Waals surface area (Å²) in [5.41, 5.74) is 3.83. The van der Waals surface area contributed by atoms with Crippen molar-refractivity contribution in [3.8, 4) is 11.5 Å². The van der Waals surface area contributed by atoms with Gasteiger partial charge in [0.25, 0.3) is 0 Å². The first kappa shape index (κ1) is 20.6. The number of carboxylic acid groups (broad SMARTS) is 1. The fraction of sp³-hybridized carbons (Fsp3) is 0.130. The van der Waals surface area contributed by atoms with Crippen molar-refractivity contribution in [2.75, 3.05) is 7.11 Å². The summed E-state index contributed by atoms with van der Waals surface area (Å²) in [5.74, 6) is 0.214. The molecule has 0 aromatic heterocycles. The Morgan fingerprint density at radius 1 is 1.14 bits per heavy atom. The zero-order valence-electron chi connectivity index (χ0n) is 16.1. The molecule has 0 amide bonds. The molecule has 3 aromatic rings. The smallest absolute Gasteiger partial charge is 0.335 e. The maximum Gasteiger partial charge on any atom is 0.335 e. The van der Waals surface area contributed by atoms with Crippen molar-refractivity contribution in [3.05, 3.63) is 87.4 Å². The second kappa shape index (κ2) is 9.39. The van der Waals surface area contributed by atoms with Crippen molar-refractivity contribution in [1.29, 1.82) is 0 Å². The van der Waals surface area contributed by atoms with Crippen molar-refractivity contribution >= 4 is 33.8 Å². The number of methoxy groups -OCH3 is 1. The number of halogens is 1. The molecule has 5 nitrogen and oxygen atoms in total. The summed E-state index contributed by atoms with van der Waals surface area (Å²) < 4.78 is 12.4. The molecule has 6 heteroatoms. The van der Waals surface area contributed by atoms with Crippen LogP contribution in [0, 0.1) is 6.92 Å². The Morgan fingerprint density at radius 2 is 1.90 bits per heavy atom. The number of ether oxygens (including phenoxy) is 2. The van der Waals surface area contributed by atoms with Gasteiger partial charge in [-0.05, 0) is 70.4 Å². The van der Waals surface area contributed by atoms with Gasteiger partial charge in [0.1, 0.15) is 6.61 Å². The lowest BCUT2D eigenvalue weighted by molar-refractivity contribution is 0.0697. The number of aliphatic imine (C=N–C) groups is 1. The minimum atomic E-state index is -0.956. The van der Waals surface area contributed by atoms with E-state index in [1.54, 1.807) is 37.6 Å². The third kappa shape index (κ3) is 5.23. The predicted molar refractivity (Wildman–Crippen MR) is 117 cm³/mol. The molecule has 0 fully saturated rings. The van der Waals surface area contributed by atoms with Crippen molar-refractivity contribution < 1.29 is 19.4 Å². The van der Waals surface area contributed by atoms with Crippen molar-refractivity contribution in [2.24, 2.45) is 4.99 Å². The summed E-state index contributed by atoms with van der Waals surface area (Å²) in [6.07, 6.45) is 1.74. The van der Waals surface area contributed by atoms with E-state index in [0.717, 1.165) is 26.9 Å². The average molecular weight is 454 g/mol. The van der Waals surface area contributed by atoms with Gasteiger partial charge >= 0.3 is 5.97 Å². The topological polar surface area (TPSA) is 68.1 Å². The molecule has 0 heterocycles. The zero-order chi connectivity index (χ0) is 20.8. The number of hydrogen-bond acceptors (Lipinski definition) is 4. The van der Waals surface area contributed by atoms with E-state index in [2.05, 4.69) is 20.9 Å². The molecule has 0 aliphatic heterocycles. The molecule has 29 heavy (non-hydrogen) atoms. The summed E-state index contributed by atoms with van der Waals surface area (Å²) in [5, 5.41) is 9.01. The lowest BCUT2D eigenvalue weighted by Gasteiger charge is -2.13. The molecule has 0 aliphatic rings. The van der Waals surface area contributed by atoms with E-state index >= 15 is 0 Å². The minimum Gasteiger partial charge on any atom is -0.493 e. The van der Waals surface area contributed by atoms with Gasteiger partial charge in [-0.1, -0.05) is 24.3 Å². The summed E-state index contributed by atoms with van der Waals surface area (Å²) in [7, 11) is 1.58. The van der Waals surface area contributed by atoms with Crippen LogP contribution in [-0.4, -0.2) is 24.4 Å². The van der Waals surface area contributed by atoms with Crippen LogP contribution in [-0.2, 0) is 6.61 Å². The molecule has 0 atom stereocenters. The first-order valence-electron chi connectivity index (χ1n) is 8.90. The highest BCUT2D eigenvalue weighted by Gasteiger charge is 2.10. The molecular formula is C23H20BrNO4. The number of aromatic carboxylic acids is 1. The number of hydrogen-bond donors (Lipinski definition) is 1.